The van der Waals surface area contributed by atoms with Gasteiger partial charge in [0.05, 0.1) is 10.6 Å². The summed E-state index contributed by atoms with van der Waals surface area (Å²) in [5, 5.41) is 2.88. The maximum atomic E-state index is 13.4. The van der Waals surface area contributed by atoms with Crippen molar-refractivity contribution < 1.29 is 13.2 Å². The van der Waals surface area contributed by atoms with Crippen LogP contribution in [0.15, 0.2) is 83.8 Å². The summed E-state index contributed by atoms with van der Waals surface area (Å²) in [6.45, 7) is 4.10. The minimum Gasteiger partial charge on any atom is -0.372 e. The highest BCUT2D eigenvalue weighted by molar-refractivity contribution is 7.92. The Morgan fingerprint density at radius 2 is 1.62 bits per heavy atom. The first-order valence-corrected chi connectivity index (χ1v) is 13.1. The van der Waals surface area contributed by atoms with Gasteiger partial charge >= 0.3 is 0 Å². The molecule has 7 heteroatoms. The predicted octanol–water partition coefficient (Wildman–Crippen LogP) is 4.50. The van der Waals surface area contributed by atoms with Crippen molar-refractivity contribution in [3.8, 4) is 0 Å². The van der Waals surface area contributed by atoms with Gasteiger partial charge in [-0.3, -0.25) is 9.10 Å². The fraction of sp³-hybridized carbons (Fsp3) is 0.296. The average molecular weight is 478 g/mol. The van der Waals surface area contributed by atoms with E-state index in [1.165, 1.54) is 29.3 Å². The number of nitrogens with one attached hydrogen (secondary N) is 1. The van der Waals surface area contributed by atoms with E-state index in [9.17, 15) is 13.2 Å². The van der Waals surface area contributed by atoms with E-state index in [0.29, 0.717) is 12.2 Å². The Morgan fingerprint density at radius 3 is 2.29 bits per heavy atom. The zero-order valence-electron chi connectivity index (χ0n) is 19.5. The molecule has 0 aliphatic carbocycles. The van der Waals surface area contributed by atoms with Crippen LogP contribution in [-0.2, 0) is 21.4 Å². The van der Waals surface area contributed by atoms with Gasteiger partial charge in [0.2, 0.25) is 5.91 Å². The van der Waals surface area contributed by atoms with E-state index >= 15 is 0 Å². The van der Waals surface area contributed by atoms with Crippen LogP contribution in [0.1, 0.15) is 30.4 Å². The summed E-state index contributed by atoms with van der Waals surface area (Å²) in [6.07, 6.45) is 3.74. The third kappa shape index (κ3) is 5.78. The van der Waals surface area contributed by atoms with Crippen LogP contribution in [0.4, 0.5) is 11.4 Å². The van der Waals surface area contributed by atoms with Crippen molar-refractivity contribution in [3.05, 3.63) is 90.0 Å². The zero-order valence-corrected chi connectivity index (χ0v) is 20.3. The van der Waals surface area contributed by atoms with Crippen molar-refractivity contribution in [2.24, 2.45) is 0 Å². The summed E-state index contributed by atoms with van der Waals surface area (Å²) >= 11 is 0. The normalized spacial score (nSPS) is 14.0. The molecular formula is C27H31N3O3S. The monoisotopic (exact) mass is 477 g/mol. The van der Waals surface area contributed by atoms with Crippen molar-refractivity contribution in [2.75, 3.05) is 28.8 Å². The summed E-state index contributed by atoms with van der Waals surface area (Å²) in [6, 6.07) is 23.6. The number of carbonyl (C=O) groups is 1. The molecule has 1 amide bonds. The molecule has 0 radical (unpaired) electrons. The quantitative estimate of drug-likeness (QED) is 0.519. The highest BCUT2D eigenvalue weighted by atomic mass is 32.2. The molecule has 1 aliphatic rings. The van der Waals surface area contributed by atoms with Gasteiger partial charge in [-0.15, -0.1) is 0 Å². The van der Waals surface area contributed by atoms with E-state index in [4.69, 9.17) is 0 Å². The second-order valence-corrected chi connectivity index (χ2v) is 10.5. The fourth-order valence-electron chi connectivity index (χ4n) is 4.18. The first kappa shape index (κ1) is 23.8. The molecule has 4 rings (SSSR count). The van der Waals surface area contributed by atoms with Crippen molar-refractivity contribution in [1.82, 2.24) is 5.32 Å². The first-order chi connectivity index (χ1) is 16.4. The maximum Gasteiger partial charge on any atom is 0.264 e. The van der Waals surface area contributed by atoms with E-state index in [2.05, 4.69) is 22.3 Å². The van der Waals surface area contributed by atoms with Gasteiger partial charge in [0.1, 0.15) is 6.54 Å². The lowest BCUT2D eigenvalue weighted by molar-refractivity contribution is -0.119. The summed E-state index contributed by atoms with van der Waals surface area (Å²) < 4.78 is 27.9. The second-order valence-electron chi connectivity index (χ2n) is 8.65. The molecule has 0 saturated carbocycles. The number of rotatable bonds is 8. The lowest BCUT2D eigenvalue weighted by Crippen LogP contribution is -2.40. The number of carbonyl (C=O) groups excluding carboxylic acids is 1. The smallest absolute Gasteiger partial charge is 0.264 e. The number of benzene rings is 3. The first-order valence-electron chi connectivity index (χ1n) is 11.7. The van der Waals surface area contributed by atoms with Crippen LogP contribution in [0, 0.1) is 6.92 Å². The molecule has 1 N–H and O–H groups in total. The molecule has 34 heavy (non-hydrogen) atoms. The molecule has 1 fully saturated rings. The maximum absolute atomic E-state index is 13.4. The molecule has 0 unspecified atom stereocenters. The Labute approximate surface area is 202 Å². The number of piperidine rings is 1. The molecule has 3 aromatic rings. The minimum atomic E-state index is -3.90. The van der Waals surface area contributed by atoms with E-state index < -0.39 is 10.0 Å². The second kappa shape index (κ2) is 10.7. The number of nitrogens with zero attached hydrogens (tertiary/aromatic N) is 2. The molecule has 6 nitrogen and oxygen atoms in total. The number of amides is 1. The Bertz CT molecular complexity index is 1210. The van der Waals surface area contributed by atoms with E-state index in [1.807, 2.05) is 25.1 Å². The fourth-order valence-corrected chi connectivity index (χ4v) is 5.62. The Balaban J connectivity index is 1.45. The molecule has 0 spiro atoms. The highest BCUT2D eigenvalue weighted by Gasteiger charge is 2.27. The number of hydrogen-bond acceptors (Lipinski definition) is 4. The number of anilines is 2. The van der Waals surface area contributed by atoms with Crippen molar-refractivity contribution in [3.63, 3.8) is 0 Å². The molecule has 1 heterocycles. The summed E-state index contributed by atoms with van der Waals surface area (Å²) in [4.78, 5) is 15.4. The Morgan fingerprint density at radius 1 is 0.912 bits per heavy atom. The van der Waals surface area contributed by atoms with Gasteiger partial charge in [0.25, 0.3) is 10.0 Å². The van der Waals surface area contributed by atoms with Crippen LogP contribution in [0.5, 0.6) is 0 Å². The summed E-state index contributed by atoms with van der Waals surface area (Å²) in [5.74, 6) is -0.360. The summed E-state index contributed by atoms with van der Waals surface area (Å²) in [5.41, 5.74) is 3.56. The third-order valence-electron chi connectivity index (χ3n) is 6.06. The Hall–Kier alpha value is -3.32. The highest BCUT2D eigenvalue weighted by Crippen LogP contribution is 2.24. The van der Waals surface area contributed by atoms with Crippen LogP contribution in [0.25, 0.3) is 0 Å². The number of aryl methyl sites for hydroxylation is 1. The van der Waals surface area contributed by atoms with Crippen molar-refractivity contribution >= 4 is 27.3 Å². The largest absolute Gasteiger partial charge is 0.372 e. The van der Waals surface area contributed by atoms with E-state index in [0.717, 1.165) is 24.2 Å². The molecular weight excluding hydrogens is 446 g/mol. The molecule has 1 saturated heterocycles. The van der Waals surface area contributed by atoms with E-state index in [1.54, 1.807) is 48.5 Å². The van der Waals surface area contributed by atoms with Gasteiger partial charge in [-0.25, -0.2) is 8.42 Å². The lowest BCUT2D eigenvalue weighted by atomic mass is 10.1. The van der Waals surface area contributed by atoms with Gasteiger partial charge in [0.15, 0.2) is 0 Å². The minimum absolute atomic E-state index is 0.151. The molecule has 0 aromatic heterocycles. The standard InChI is InChI=1S/C27H31N3O3S/c1-22-9-8-10-25(19-22)30(34(32,33)26-11-4-2-5-12-26)21-27(31)28-20-23-13-15-24(16-14-23)29-17-6-3-7-18-29/h2,4-5,8-16,19H,3,6-7,17-18,20-21H2,1H3,(H,28,31). The summed E-state index contributed by atoms with van der Waals surface area (Å²) in [7, 11) is -3.90. The van der Waals surface area contributed by atoms with Crippen LogP contribution >= 0.6 is 0 Å². The van der Waals surface area contributed by atoms with Gasteiger partial charge in [-0.1, -0.05) is 42.5 Å². The molecule has 0 atom stereocenters. The zero-order chi connectivity index (χ0) is 24.0. The van der Waals surface area contributed by atoms with Crippen molar-refractivity contribution in [1.29, 1.82) is 0 Å². The Kier molecular flexibility index (Phi) is 7.53. The van der Waals surface area contributed by atoms with E-state index in [-0.39, 0.29) is 17.3 Å². The predicted molar refractivity (Wildman–Crippen MR) is 137 cm³/mol. The van der Waals surface area contributed by atoms with Gasteiger partial charge < -0.3 is 10.2 Å². The van der Waals surface area contributed by atoms with Crippen LogP contribution < -0.4 is 14.5 Å². The third-order valence-corrected chi connectivity index (χ3v) is 7.84. The van der Waals surface area contributed by atoms with Gasteiger partial charge in [-0.05, 0) is 73.7 Å². The number of hydrogen-bond donors (Lipinski definition) is 1. The topological polar surface area (TPSA) is 69.7 Å². The number of sulfonamides is 1. The van der Waals surface area contributed by atoms with Crippen LogP contribution in [0.2, 0.25) is 0 Å². The van der Waals surface area contributed by atoms with Gasteiger partial charge in [0, 0.05) is 25.3 Å². The lowest BCUT2D eigenvalue weighted by Gasteiger charge is -2.28. The van der Waals surface area contributed by atoms with Crippen molar-refractivity contribution in [2.45, 2.75) is 37.6 Å². The molecule has 178 valence electrons. The SMILES string of the molecule is Cc1cccc(N(CC(=O)NCc2ccc(N3CCCCC3)cc2)S(=O)(=O)c2ccccc2)c1. The van der Waals surface area contributed by atoms with Crippen LogP contribution in [-0.4, -0.2) is 34.0 Å². The molecule has 1 aliphatic heterocycles. The molecule has 0 bridgehead atoms. The molecule has 3 aromatic carbocycles. The van der Waals surface area contributed by atoms with Gasteiger partial charge in [-0.2, -0.15) is 0 Å². The average Bonchev–Trinajstić information content (AvgIpc) is 2.87. The van der Waals surface area contributed by atoms with Crippen LogP contribution in [0.3, 0.4) is 0 Å².